The van der Waals surface area contributed by atoms with Crippen LogP contribution in [-0.4, -0.2) is 19.6 Å². The minimum Gasteiger partial charge on any atom is -0.489 e. The van der Waals surface area contributed by atoms with E-state index < -0.39 is 5.41 Å². The number of halogens is 1. The molecule has 1 amide bonds. The zero-order valence-electron chi connectivity index (χ0n) is 10.1. The van der Waals surface area contributed by atoms with Crippen molar-refractivity contribution in [1.82, 2.24) is 0 Å². The number of hydrogen-bond acceptors (Lipinski definition) is 3. The van der Waals surface area contributed by atoms with Crippen molar-refractivity contribution in [3.05, 3.63) is 16.6 Å². The van der Waals surface area contributed by atoms with Crippen LogP contribution in [0.2, 0.25) is 0 Å². The Bertz CT molecular complexity index is 486. The summed E-state index contributed by atoms with van der Waals surface area (Å²) in [5.41, 5.74) is 6.54. The molecular weight excluding hydrogens is 284 g/mol. The lowest BCUT2D eigenvalue weighted by Crippen LogP contribution is -2.39. The number of nitrogens with two attached hydrogens (primary N) is 1. The SMILES string of the molecule is CN1C(=O)C(C)(C)COc2c(Br)cc(N)cc21. The maximum absolute atomic E-state index is 12.2. The Morgan fingerprint density at radius 3 is 2.76 bits per heavy atom. The third kappa shape index (κ3) is 1.99. The minimum atomic E-state index is -0.540. The Balaban J connectivity index is 2.59. The van der Waals surface area contributed by atoms with Crippen molar-refractivity contribution in [3.63, 3.8) is 0 Å². The molecule has 1 heterocycles. The van der Waals surface area contributed by atoms with Crippen LogP contribution in [0, 0.1) is 5.41 Å². The molecule has 5 heteroatoms. The van der Waals surface area contributed by atoms with Gasteiger partial charge in [0.2, 0.25) is 5.91 Å². The lowest BCUT2D eigenvalue weighted by Gasteiger charge is -2.24. The highest BCUT2D eigenvalue weighted by molar-refractivity contribution is 9.10. The van der Waals surface area contributed by atoms with Crippen molar-refractivity contribution in [2.24, 2.45) is 5.41 Å². The number of carbonyl (C=O) groups is 1. The number of rotatable bonds is 0. The summed E-state index contributed by atoms with van der Waals surface area (Å²) >= 11 is 3.41. The van der Waals surface area contributed by atoms with Crippen molar-refractivity contribution in [1.29, 1.82) is 0 Å². The summed E-state index contributed by atoms with van der Waals surface area (Å²) in [6.07, 6.45) is 0. The zero-order valence-corrected chi connectivity index (χ0v) is 11.7. The van der Waals surface area contributed by atoms with Gasteiger partial charge in [-0.1, -0.05) is 0 Å². The Kier molecular flexibility index (Phi) is 2.81. The molecule has 17 heavy (non-hydrogen) atoms. The van der Waals surface area contributed by atoms with Gasteiger partial charge in [-0.15, -0.1) is 0 Å². The summed E-state index contributed by atoms with van der Waals surface area (Å²) in [7, 11) is 1.74. The van der Waals surface area contributed by atoms with E-state index in [9.17, 15) is 4.79 Å². The van der Waals surface area contributed by atoms with E-state index in [4.69, 9.17) is 10.5 Å². The first-order chi connectivity index (χ1) is 7.83. The van der Waals surface area contributed by atoms with E-state index in [0.29, 0.717) is 23.7 Å². The van der Waals surface area contributed by atoms with Crippen LogP contribution >= 0.6 is 15.9 Å². The van der Waals surface area contributed by atoms with Gasteiger partial charge >= 0.3 is 0 Å². The van der Waals surface area contributed by atoms with Crippen LogP contribution < -0.4 is 15.4 Å². The van der Waals surface area contributed by atoms with Crippen molar-refractivity contribution in [3.8, 4) is 5.75 Å². The second-order valence-corrected chi connectivity index (χ2v) is 5.74. The lowest BCUT2D eigenvalue weighted by molar-refractivity contribution is -0.127. The Morgan fingerprint density at radius 2 is 2.12 bits per heavy atom. The quantitative estimate of drug-likeness (QED) is 0.748. The van der Waals surface area contributed by atoms with E-state index >= 15 is 0 Å². The Hall–Kier alpha value is -1.23. The van der Waals surface area contributed by atoms with Gasteiger partial charge < -0.3 is 15.4 Å². The van der Waals surface area contributed by atoms with Crippen molar-refractivity contribution in [2.75, 3.05) is 24.3 Å². The van der Waals surface area contributed by atoms with Crippen LogP contribution in [0.25, 0.3) is 0 Å². The maximum Gasteiger partial charge on any atom is 0.235 e. The molecule has 0 saturated heterocycles. The number of amides is 1. The number of nitrogen functional groups attached to an aromatic ring is 1. The number of ether oxygens (including phenoxy) is 1. The van der Waals surface area contributed by atoms with Crippen LogP contribution in [0.3, 0.4) is 0 Å². The molecule has 0 bridgehead atoms. The third-order valence-corrected chi connectivity index (χ3v) is 3.46. The normalized spacial score (nSPS) is 18.4. The average Bonchev–Trinajstić information content (AvgIpc) is 2.31. The number of nitrogens with zero attached hydrogens (tertiary/aromatic N) is 1. The monoisotopic (exact) mass is 298 g/mol. The standard InChI is InChI=1S/C12H15BrN2O2/c1-12(2)6-17-10-8(13)4-7(14)5-9(10)15(3)11(12)16/h4-5H,6,14H2,1-3H3. The van der Waals surface area contributed by atoms with E-state index in [2.05, 4.69) is 15.9 Å². The fourth-order valence-electron chi connectivity index (χ4n) is 1.87. The molecule has 0 aromatic heterocycles. The molecule has 1 aromatic carbocycles. The molecule has 0 atom stereocenters. The summed E-state index contributed by atoms with van der Waals surface area (Å²) in [6.45, 7) is 4.09. The molecule has 1 aliphatic rings. The second kappa shape index (κ2) is 3.91. The fourth-order valence-corrected chi connectivity index (χ4v) is 2.45. The zero-order chi connectivity index (χ0) is 12.8. The molecular formula is C12H15BrN2O2. The van der Waals surface area contributed by atoms with E-state index in [1.54, 1.807) is 24.1 Å². The van der Waals surface area contributed by atoms with Gasteiger partial charge in [-0.05, 0) is 41.9 Å². The highest BCUT2D eigenvalue weighted by atomic mass is 79.9. The molecule has 1 aliphatic heterocycles. The van der Waals surface area contributed by atoms with Crippen LogP contribution in [0.15, 0.2) is 16.6 Å². The number of anilines is 2. The van der Waals surface area contributed by atoms with Crippen molar-refractivity contribution >= 4 is 33.2 Å². The van der Waals surface area contributed by atoms with Gasteiger partial charge in [-0.3, -0.25) is 4.79 Å². The third-order valence-electron chi connectivity index (χ3n) is 2.87. The lowest BCUT2D eigenvalue weighted by atomic mass is 9.93. The Morgan fingerprint density at radius 1 is 1.47 bits per heavy atom. The van der Waals surface area contributed by atoms with Gasteiger partial charge in [0.05, 0.1) is 15.6 Å². The van der Waals surface area contributed by atoms with Crippen LogP contribution in [0.1, 0.15) is 13.8 Å². The summed E-state index contributed by atoms with van der Waals surface area (Å²) in [5, 5.41) is 0. The van der Waals surface area contributed by atoms with Crippen molar-refractivity contribution in [2.45, 2.75) is 13.8 Å². The number of benzene rings is 1. The van der Waals surface area contributed by atoms with E-state index in [1.807, 2.05) is 13.8 Å². The predicted molar refractivity (Wildman–Crippen MR) is 71.2 cm³/mol. The predicted octanol–water partition coefficient (Wildman–Crippen LogP) is 2.41. The number of hydrogen-bond donors (Lipinski definition) is 1. The molecule has 2 N–H and O–H groups in total. The fraction of sp³-hybridized carbons (Fsp3) is 0.417. The number of carbonyl (C=O) groups excluding carboxylic acids is 1. The van der Waals surface area contributed by atoms with E-state index in [0.717, 1.165) is 4.47 Å². The topological polar surface area (TPSA) is 55.6 Å². The first kappa shape index (κ1) is 12.2. The van der Waals surface area contributed by atoms with E-state index in [-0.39, 0.29) is 5.91 Å². The summed E-state index contributed by atoms with van der Waals surface area (Å²) in [6, 6.07) is 3.52. The summed E-state index contributed by atoms with van der Waals surface area (Å²) < 4.78 is 6.49. The van der Waals surface area contributed by atoms with Gasteiger partial charge in [0.15, 0.2) is 5.75 Å². The highest BCUT2D eigenvalue weighted by Gasteiger charge is 2.36. The molecule has 0 unspecified atom stereocenters. The van der Waals surface area contributed by atoms with Gasteiger partial charge in [0.1, 0.15) is 6.61 Å². The molecule has 0 saturated carbocycles. The average molecular weight is 299 g/mol. The molecule has 0 aliphatic carbocycles. The summed E-state index contributed by atoms with van der Waals surface area (Å²) in [4.78, 5) is 13.8. The van der Waals surface area contributed by atoms with Gasteiger partial charge in [-0.25, -0.2) is 0 Å². The van der Waals surface area contributed by atoms with Crippen LogP contribution in [-0.2, 0) is 4.79 Å². The first-order valence-electron chi connectivity index (χ1n) is 5.33. The van der Waals surface area contributed by atoms with Crippen LogP contribution in [0.5, 0.6) is 5.75 Å². The molecule has 0 spiro atoms. The molecule has 0 fully saturated rings. The van der Waals surface area contributed by atoms with Gasteiger partial charge in [0, 0.05) is 12.7 Å². The van der Waals surface area contributed by atoms with Gasteiger partial charge in [-0.2, -0.15) is 0 Å². The van der Waals surface area contributed by atoms with Crippen LogP contribution in [0.4, 0.5) is 11.4 Å². The first-order valence-corrected chi connectivity index (χ1v) is 6.12. The molecule has 2 rings (SSSR count). The molecule has 92 valence electrons. The van der Waals surface area contributed by atoms with Crippen molar-refractivity contribution < 1.29 is 9.53 Å². The summed E-state index contributed by atoms with van der Waals surface area (Å²) in [5.74, 6) is 0.689. The molecule has 1 aromatic rings. The molecule has 4 nitrogen and oxygen atoms in total. The smallest absolute Gasteiger partial charge is 0.235 e. The highest BCUT2D eigenvalue weighted by Crippen LogP contribution is 2.41. The Labute approximate surface area is 109 Å². The van der Waals surface area contributed by atoms with Gasteiger partial charge in [0.25, 0.3) is 0 Å². The largest absolute Gasteiger partial charge is 0.489 e. The van der Waals surface area contributed by atoms with E-state index in [1.165, 1.54) is 0 Å². The maximum atomic E-state index is 12.2. The minimum absolute atomic E-state index is 0.0220. The second-order valence-electron chi connectivity index (χ2n) is 4.89. The molecule has 0 radical (unpaired) electrons. The number of fused-ring (bicyclic) bond motifs is 1.